The third kappa shape index (κ3) is 1.99. The Balaban J connectivity index is 2.09. The Morgan fingerprint density at radius 3 is 2.95 bits per heavy atom. The van der Waals surface area contributed by atoms with Crippen LogP contribution in [0.25, 0.3) is 10.9 Å². The highest BCUT2D eigenvalue weighted by molar-refractivity contribution is 5.93. The smallest absolute Gasteiger partial charge is 0.301 e. The molecular weight excluding hydrogens is 240 g/mol. The standard InChI is InChI=1S/C14H14N4O/c1-2-18-9-8-17-14(18)19-12-6-5-11(15)13-10(12)4-3-7-16-13/h3-9H,2,15H2,1H3. The summed E-state index contributed by atoms with van der Waals surface area (Å²) in [6.07, 6.45) is 5.32. The zero-order valence-electron chi connectivity index (χ0n) is 10.6. The molecule has 0 saturated heterocycles. The molecule has 5 heteroatoms. The molecule has 5 nitrogen and oxygen atoms in total. The fourth-order valence-electron chi connectivity index (χ4n) is 2.00. The number of nitrogen functional groups attached to an aromatic ring is 1. The number of pyridine rings is 1. The number of nitrogens with zero attached hydrogens (tertiary/aromatic N) is 3. The predicted octanol–water partition coefficient (Wildman–Crippen LogP) is 2.83. The Labute approximate surface area is 110 Å². The normalized spacial score (nSPS) is 10.8. The van der Waals surface area contributed by atoms with Gasteiger partial charge in [0.25, 0.3) is 0 Å². The molecule has 0 spiro atoms. The van der Waals surface area contributed by atoms with E-state index in [-0.39, 0.29) is 0 Å². The number of anilines is 1. The highest BCUT2D eigenvalue weighted by Gasteiger charge is 2.09. The van der Waals surface area contributed by atoms with Gasteiger partial charge in [-0.3, -0.25) is 4.98 Å². The van der Waals surface area contributed by atoms with E-state index in [2.05, 4.69) is 9.97 Å². The first-order valence-electron chi connectivity index (χ1n) is 6.12. The lowest BCUT2D eigenvalue weighted by Gasteiger charge is -2.10. The first-order chi connectivity index (χ1) is 9.29. The van der Waals surface area contributed by atoms with Gasteiger partial charge in [0.05, 0.1) is 11.2 Å². The number of aromatic nitrogens is 3. The van der Waals surface area contributed by atoms with Gasteiger partial charge in [-0.2, -0.15) is 0 Å². The zero-order valence-corrected chi connectivity index (χ0v) is 10.6. The van der Waals surface area contributed by atoms with E-state index in [9.17, 15) is 0 Å². The van der Waals surface area contributed by atoms with Gasteiger partial charge < -0.3 is 15.0 Å². The Bertz CT molecular complexity index is 720. The number of imidazole rings is 1. The van der Waals surface area contributed by atoms with Crippen LogP contribution in [0.3, 0.4) is 0 Å². The van der Waals surface area contributed by atoms with Crippen molar-refractivity contribution in [3.63, 3.8) is 0 Å². The SMILES string of the molecule is CCn1ccnc1Oc1ccc(N)c2ncccc12. The van der Waals surface area contributed by atoms with Gasteiger partial charge in [-0.1, -0.05) is 0 Å². The van der Waals surface area contributed by atoms with Gasteiger partial charge in [0.15, 0.2) is 0 Å². The van der Waals surface area contributed by atoms with Crippen LogP contribution in [-0.4, -0.2) is 14.5 Å². The summed E-state index contributed by atoms with van der Waals surface area (Å²) in [6.45, 7) is 2.84. The molecule has 0 amide bonds. The molecule has 19 heavy (non-hydrogen) atoms. The number of nitrogens with two attached hydrogens (primary N) is 1. The van der Waals surface area contributed by atoms with Crippen LogP contribution in [-0.2, 0) is 6.54 Å². The molecule has 3 rings (SSSR count). The van der Waals surface area contributed by atoms with Gasteiger partial charge >= 0.3 is 6.01 Å². The zero-order chi connectivity index (χ0) is 13.2. The van der Waals surface area contributed by atoms with Crippen molar-refractivity contribution in [3.05, 3.63) is 42.9 Å². The maximum Gasteiger partial charge on any atom is 0.301 e. The molecule has 96 valence electrons. The summed E-state index contributed by atoms with van der Waals surface area (Å²) in [4.78, 5) is 8.48. The molecule has 0 unspecified atom stereocenters. The lowest BCUT2D eigenvalue weighted by Crippen LogP contribution is -1.98. The van der Waals surface area contributed by atoms with E-state index in [1.54, 1.807) is 18.5 Å². The van der Waals surface area contributed by atoms with E-state index in [0.29, 0.717) is 17.4 Å². The number of hydrogen-bond donors (Lipinski definition) is 1. The lowest BCUT2D eigenvalue weighted by molar-refractivity contribution is 0.419. The van der Waals surface area contributed by atoms with Gasteiger partial charge in [0.2, 0.25) is 0 Å². The molecule has 0 aliphatic heterocycles. The quantitative estimate of drug-likeness (QED) is 0.730. The van der Waals surface area contributed by atoms with Crippen LogP contribution in [0.5, 0.6) is 11.8 Å². The third-order valence-corrected chi connectivity index (χ3v) is 2.98. The summed E-state index contributed by atoms with van der Waals surface area (Å²) in [5.74, 6) is 0.707. The number of aryl methyl sites for hydroxylation is 1. The number of benzene rings is 1. The van der Waals surface area contributed by atoms with Gasteiger partial charge in [0.1, 0.15) is 5.75 Å². The average molecular weight is 254 g/mol. The highest BCUT2D eigenvalue weighted by atomic mass is 16.5. The van der Waals surface area contributed by atoms with Crippen molar-refractivity contribution < 1.29 is 4.74 Å². The number of rotatable bonds is 3. The van der Waals surface area contributed by atoms with Gasteiger partial charge in [0, 0.05) is 30.5 Å². The summed E-state index contributed by atoms with van der Waals surface area (Å²) >= 11 is 0. The Morgan fingerprint density at radius 2 is 2.11 bits per heavy atom. The van der Waals surface area contributed by atoms with Crippen LogP contribution >= 0.6 is 0 Å². The van der Waals surface area contributed by atoms with Crippen LogP contribution in [0.15, 0.2) is 42.9 Å². The minimum Gasteiger partial charge on any atom is -0.425 e. The molecule has 2 aromatic heterocycles. The maximum absolute atomic E-state index is 5.92. The van der Waals surface area contributed by atoms with Crippen molar-refractivity contribution in [1.29, 1.82) is 0 Å². The molecule has 0 fully saturated rings. The van der Waals surface area contributed by atoms with Crippen LogP contribution in [0, 0.1) is 0 Å². The van der Waals surface area contributed by atoms with Crippen molar-refractivity contribution >= 4 is 16.6 Å². The topological polar surface area (TPSA) is 66.0 Å². The highest BCUT2D eigenvalue weighted by Crippen LogP contribution is 2.31. The van der Waals surface area contributed by atoms with E-state index in [1.807, 2.05) is 35.9 Å². The number of hydrogen-bond acceptors (Lipinski definition) is 4. The van der Waals surface area contributed by atoms with Gasteiger partial charge in [-0.05, 0) is 31.2 Å². The summed E-state index contributed by atoms with van der Waals surface area (Å²) in [5, 5.41) is 0.883. The molecule has 0 aliphatic rings. The molecule has 3 aromatic rings. The molecule has 0 radical (unpaired) electrons. The van der Waals surface area contributed by atoms with Crippen molar-refractivity contribution in [2.75, 3.05) is 5.73 Å². The van der Waals surface area contributed by atoms with Crippen LogP contribution in [0.2, 0.25) is 0 Å². The largest absolute Gasteiger partial charge is 0.425 e. The Hall–Kier alpha value is -2.56. The Morgan fingerprint density at radius 1 is 1.21 bits per heavy atom. The average Bonchev–Trinajstić information content (AvgIpc) is 2.89. The van der Waals surface area contributed by atoms with E-state index in [1.165, 1.54) is 0 Å². The van der Waals surface area contributed by atoms with E-state index in [4.69, 9.17) is 10.5 Å². The molecule has 2 heterocycles. The second kappa shape index (κ2) is 4.61. The Kier molecular flexibility index (Phi) is 2.79. The predicted molar refractivity (Wildman–Crippen MR) is 74.1 cm³/mol. The fourth-order valence-corrected chi connectivity index (χ4v) is 2.00. The van der Waals surface area contributed by atoms with Crippen LogP contribution < -0.4 is 10.5 Å². The van der Waals surface area contributed by atoms with Crippen LogP contribution in [0.1, 0.15) is 6.92 Å². The molecule has 0 aliphatic carbocycles. The summed E-state index contributed by atoms with van der Waals surface area (Å²) < 4.78 is 7.79. The molecule has 0 saturated carbocycles. The van der Waals surface area contributed by atoms with E-state index >= 15 is 0 Å². The number of fused-ring (bicyclic) bond motifs is 1. The van der Waals surface area contributed by atoms with Crippen molar-refractivity contribution in [2.24, 2.45) is 0 Å². The first-order valence-corrected chi connectivity index (χ1v) is 6.12. The fraction of sp³-hybridized carbons (Fsp3) is 0.143. The van der Waals surface area contributed by atoms with Crippen molar-refractivity contribution in [3.8, 4) is 11.8 Å². The van der Waals surface area contributed by atoms with Gasteiger partial charge in [-0.25, -0.2) is 4.98 Å². The monoisotopic (exact) mass is 254 g/mol. The minimum atomic E-state index is 0.567. The van der Waals surface area contributed by atoms with E-state index in [0.717, 1.165) is 17.4 Å². The van der Waals surface area contributed by atoms with Gasteiger partial charge in [-0.15, -0.1) is 0 Å². The minimum absolute atomic E-state index is 0.567. The van der Waals surface area contributed by atoms with Crippen LogP contribution in [0.4, 0.5) is 5.69 Å². The summed E-state index contributed by atoms with van der Waals surface area (Å²) in [5.41, 5.74) is 7.30. The van der Waals surface area contributed by atoms with E-state index < -0.39 is 0 Å². The second-order valence-electron chi connectivity index (χ2n) is 4.15. The number of ether oxygens (including phenoxy) is 1. The summed E-state index contributed by atoms with van der Waals surface area (Å²) in [7, 11) is 0. The molecule has 2 N–H and O–H groups in total. The second-order valence-corrected chi connectivity index (χ2v) is 4.15. The lowest BCUT2D eigenvalue weighted by atomic mass is 10.2. The maximum atomic E-state index is 5.92. The first kappa shape index (κ1) is 11.5. The molecular formula is C14H14N4O. The summed E-state index contributed by atoms with van der Waals surface area (Å²) in [6, 6.07) is 8.00. The molecule has 0 bridgehead atoms. The third-order valence-electron chi connectivity index (χ3n) is 2.98. The van der Waals surface area contributed by atoms with Crippen molar-refractivity contribution in [1.82, 2.24) is 14.5 Å². The molecule has 1 aromatic carbocycles. The molecule has 0 atom stereocenters. The van der Waals surface area contributed by atoms with Crippen molar-refractivity contribution in [2.45, 2.75) is 13.5 Å².